The Morgan fingerprint density at radius 2 is 1.23 bits per heavy atom. The van der Waals surface area contributed by atoms with Crippen molar-refractivity contribution in [2.75, 3.05) is 0 Å². The van der Waals surface area contributed by atoms with Crippen LogP contribution in [0.15, 0.2) is 74.1 Å². The van der Waals surface area contributed by atoms with Gasteiger partial charge in [0.15, 0.2) is 0 Å². The van der Waals surface area contributed by atoms with Crippen molar-refractivity contribution in [2.24, 2.45) is 0 Å². The Balaban J connectivity index is 2.01. The van der Waals surface area contributed by atoms with Gasteiger partial charge in [-0.25, -0.2) is 4.98 Å². The van der Waals surface area contributed by atoms with Gasteiger partial charge in [0.2, 0.25) is 0 Å². The zero-order valence-corrected chi connectivity index (χ0v) is 14.4. The van der Waals surface area contributed by atoms with Crippen molar-refractivity contribution in [2.45, 2.75) is 12.8 Å². The van der Waals surface area contributed by atoms with Crippen LogP contribution in [0, 0.1) is 0 Å². The zero-order chi connectivity index (χ0) is 18.5. The molecule has 0 aliphatic rings. The van der Waals surface area contributed by atoms with Crippen LogP contribution in [0.25, 0.3) is 22.5 Å². The molecule has 26 heavy (non-hydrogen) atoms. The Hall–Kier alpha value is -3.40. The Kier molecular flexibility index (Phi) is 5.13. The van der Waals surface area contributed by atoms with Gasteiger partial charge >= 0.3 is 0 Å². The standard InChI is InChI=1S/C22H20N2O2/c1-3-5-17-11-15(7-9-21(17)25)19-13-23-14-20(24-19)16-8-10-22(26)18(12-16)6-4-2/h3-4,7-14,25-26H,1-2,5-6H2. The quantitative estimate of drug-likeness (QED) is 0.637. The summed E-state index contributed by atoms with van der Waals surface area (Å²) in [7, 11) is 0. The Bertz CT molecular complexity index is 889. The molecule has 1 heterocycles. The molecule has 130 valence electrons. The van der Waals surface area contributed by atoms with Crippen molar-refractivity contribution in [3.8, 4) is 34.0 Å². The Labute approximate surface area is 152 Å². The van der Waals surface area contributed by atoms with E-state index < -0.39 is 0 Å². The highest BCUT2D eigenvalue weighted by molar-refractivity contribution is 5.67. The topological polar surface area (TPSA) is 66.2 Å². The highest BCUT2D eigenvalue weighted by Gasteiger charge is 2.09. The van der Waals surface area contributed by atoms with Crippen LogP contribution in [0.5, 0.6) is 11.5 Å². The number of aromatic nitrogens is 2. The smallest absolute Gasteiger partial charge is 0.119 e. The summed E-state index contributed by atoms with van der Waals surface area (Å²) in [5, 5.41) is 19.9. The van der Waals surface area contributed by atoms with E-state index >= 15 is 0 Å². The summed E-state index contributed by atoms with van der Waals surface area (Å²) < 4.78 is 0. The number of benzene rings is 2. The van der Waals surface area contributed by atoms with E-state index in [0.717, 1.165) is 22.3 Å². The minimum Gasteiger partial charge on any atom is -0.508 e. The lowest BCUT2D eigenvalue weighted by Gasteiger charge is -2.09. The number of rotatable bonds is 6. The SMILES string of the molecule is C=CCc1cc(-c2cncc(-c3ccc(O)c(CC=C)c3)n2)ccc1O. The molecule has 0 saturated carbocycles. The second-order valence-corrected chi connectivity index (χ2v) is 5.96. The van der Waals surface area contributed by atoms with Gasteiger partial charge in [0.25, 0.3) is 0 Å². The first kappa shape index (κ1) is 17.4. The monoisotopic (exact) mass is 344 g/mol. The van der Waals surface area contributed by atoms with E-state index in [1.807, 2.05) is 24.3 Å². The molecule has 0 fully saturated rings. The maximum atomic E-state index is 9.94. The molecule has 0 amide bonds. The van der Waals surface area contributed by atoms with Crippen LogP contribution in [-0.2, 0) is 12.8 Å². The molecular weight excluding hydrogens is 324 g/mol. The lowest BCUT2D eigenvalue weighted by atomic mass is 10.0. The Morgan fingerprint density at radius 3 is 1.65 bits per heavy atom. The predicted molar refractivity (Wildman–Crippen MR) is 104 cm³/mol. The van der Waals surface area contributed by atoms with Gasteiger partial charge in [-0.3, -0.25) is 4.98 Å². The minimum atomic E-state index is 0.241. The third-order valence-electron chi connectivity index (χ3n) is 4.11. The molecule has 1 aromatic heterocycles. The summed E-state index contributed by atoms with van der Waals surface area (Å²) in [5.41, 5.74) is 4.76. The van der Waals surface area contributed by atoms with Gasteiger partial charge in [-0.15, -0.1) is 13.2 Å². The van der Waals surface area contributed by atoms with Crippen molar-refractivity contribution < 1.29 is 10.2 Å². The lowest BCUT2D eigenvalue weighted by molar-refractivity contribution is 0.469. The summed E-state index contributed by atoms with van der Waals surface area (Å²) in [4.78, 5) is 9.00. The minimum absolute atomic E-state index is 0.241. The molecule has 0 aliphatic carbocycles. The molecule has 0 aliphatic heterocycles. The molecule has 0 spiro atoms. The summed E-state index contributed by atoms with van der Waals surface area (Å²) >= 11 is 0. The van der Waals surface area contributed by atoms with Gasteiger partial charge < -0.3 is 10.2 Å². The normalized spacial score (nSPS) is 10.5. The lowest BCUT2D eigenvalue weighted by Crippen LogP contribution is -1.93. The number of allylic oxidation sites excluding steroid dienone is 2. The van der Waals surface area contributed by atoms with Crippen LogP contribution >= 0.6 is 0 Å². The van der Waals surface area contributed by atoms with E-state index in [4.69, 9.17) is 4.98 Å². The fourth-order valence-corrected chi connectivity index (χ4v) is 2.77. The molecule has 0 bridgehead atoms. The van der Waals surface area contributed by atoms with Gasteiger partial charge in [-0.2, -0.15) is 0 Å². The molecular formula is C22H20N2O2. The van der Waals surface area contributed by atoms with Crippen molar-refractivity contribution >= 4 is 0 Å². The van der Waals surface area contributed by atoms with Crippen LogP contribution in [0.2, 0.25) is 0 Å². The van der Waals surface area contributed by atoms with E-state index in [0.29, 0.717) is 24.2 Å². The molecule has 3 rings (SSSR count). The van der Waals surface area contributed by atoms with Crippen LogP contribution in [0.3, 0.4) is 0 Å². The zero-order valence-electron chi connectivity index (χ0n) is 14.4. The first-order chi connectivity index (χ1) is 12.6. The van der Waals surface area contributed by atoms with Crippen LogP contribution in [-0.4, -0.2) is 20.2 Å². The number of phenols is 2. The van der Waals surface area contributed by atoms with Gasteiger partial charge in [0.1, 0.15) is 11.5 Å². The first-order valence-electron chi connectivity index (χ1n) is 8.30. The van der Waals surface area contributed by atoms with Crippen molar-refractivity contribution in [3.05, 3.63) is 85.2 Å². The van der Waals surface area contributed by atoms with Gasteiger partial charge in [0, 0.05) is 11.1 Å². The van der Waals surface area contributed by atoms with Gasteiger partial charge in [-0.05, 0) is 60.4 Å². The van der Waals surface area contributed by atoms with Crippen LogP contribution < -0.4 is 0 Å². The molecule has 2 aromatic carbocycles. The number of nitrogens with zero attached hydrogens (tertiary/aromatic N) is 2. The maximum absolute atomic E-state index is 9.94. The third kappa shape index (κ3) is 3.64. The van der Waals surface area contributed by atoms with E-state index in [2.05, 4.69) is 18.1 Å². The first-order valence-corrected chi connectivity index (χ1v) is 8.30. The second kappa shape index (κ2) is 7.66. The maximum Gasteiger partial charge on any atom is 0.119 e. The molecule has 0 saturated heterocycles. The summed E-state index contributed by atoms with van der Waals surface area (Å²) in [6.07, 6.45) is 8.04. The fourth-order valence-electron chi connectivity index (χ4n) is 2.77. The van der Waals surface area contributed by atoms with Crippen LogP contribution in [0.1, 0.15) is 11.1 Å². The number of phenolic OH excluding ortho intramolecular Hbond substituents is 2. The van der Waals surface area contributed by atoms with E-state index in [9.17, 15) is 10.2 Å². The average Bonchev–Trinajstić information content (AvgIpc) is 2.66. The molecule has 2 N–H and O–H groups in total. The highest BCUT2D eigenvalue weighted by Crippen LogP contribution is 2.28. The molecule has 0 unspecified atom stereocenters. The number of aromatic hydroxyl groups is 2. The molecule has 0 atom stereocenters. The molecule has 4 nitrogen and oxygen atoms in total. The van der Waals surface area contributed by atoms with E-state index in [1.165, 1.54) is 0 Å². The van der Waals surface area contributed by atoms with Gasteiger partial charge in [-0.1, -0.05) is 12.2 Å². The second-order valence-electron chi connectivity index (χ2n) is 5.96. The van der Waals surface area contributed by atoms with E-state index in [-0.39, 0.29) is 11.5 Å². The third-order valence-corrected chi connectivity index (χ3v) is 4.11. The highest BCUT2D eigenvalue weighted by atomic mass is 16.3. The molecule has 3 aromatic rings. The largest absolute Gasteiger partial charge is 0.508 e. The van der Waals surface area contributed by atoms with Crippen molar-refractivity contribution in [3.63, 3.8) is 0 Å². The van der Waals surface area contributed by atoms with Crippen LogP contribution in [0.4, 0.5) is 0 Å². The van der Waals surface area contributed by atoms with Gasteiger partial charge in [0.05, 0.1) is 23.8 Å². The summed E-state index contributed by atoms with van der Waals surface area (Å²) in [5.74, 6) is 0.482. The summed E-state index contributed by atoms with van der Waals surface area (Å²) in [6, 6.07) is 10.7. The predicted octanol–water partition coefficient (Wildman–Crippen LogP) is 4.68. The molecule has 4 heteroatoms. The van der Waals surface area contributed by atoms with Crippen molar-refractivity contribution in [1.29, 1.82) is 0 Å². The fraction of sp³-hybridized carbons (Fsp3) is 0.0909. The molecule has 0 radical (unpaired) electrons. The van der Waals surface area contributed by atoms with E-state index in [1.54, 1.807) is 36.7 Å². The number of hydrogen-bond acceptors (Lipinski definition) is 4. The van der Waals surface area contributed by atoms with Crippen molar-refractivity contribution in [1.82, 2.24) is 9.97 Å². The number of hydrogen-bond donors (Lipinski definition) is 2. The average molecular weight is 344 g/mol. The summed E-state index contributed by atoms with van der Waals surface area (Å²) in [6.45, 7) is 7.43. The Morgan fingerprint density at radius 1 is 0.769 bits per heavy atom.